The Hall–Kier alpha value is -1.26. The molecule has 1 unspecified atom stereocenters. The largest absolute Gasteiger partial charge is 0.337 e. The number of anilines is 1. The van der Waals surface area contributed by atoms with Crippen molar-refractivity contribution < 1.29 is 8.42 Å². The van der Waals surface area contributed by atoms with Gasteiger partial charge in [-0.1, -0.05) is 0 Å². The Kier molecular flexibility index (Phi) is 4.25. The topological polar surface area (TPSA) is 74.1 Å². The maximum absolute atomic E-state index is 12.0. The molecule has 1 fully saturated rings. The zero-order chi connectivity index (χ0) is 14.9. The van der Waals surface area contributed by atoms with Gasteiger partial charge in [0.15, 0.2) is 9.84 Å². The van der Waals surface area contributed by atoms with Crippen molar-refractivity contribution in [2.75, 3.05) is 29.2 Å². The molecule has 1 aliphatic rings. The van der Waals surface area contributed by atoms with Crippen LogP contribution in [0.5, 0.6) is 0 Å². The number of thioether (sulfide) groups is 1. The fraction of sp³-hybridized carbons (Fsp3) is 0.538. The smallest absolute Gasteiger partial charge is 0.169 e. The molecule has 0 radical (unpaired) electrons. The fourth-order valence-electron chi connectivity index (χ4n) is 2.34. The lowest BCUT2D eigenvalue weighted by atomic mass is 10.1. The van der Waals surface area contributed by atoms with E-state index in [0.717, 1.165) is 17.0 Å². The number of nitriles is 1. The van der Waals surface area contributed by atoms with Gasteiger partial charge in [-0.25, -0.2) is 13.4 Å². The van der Waals surface area contributed by atoms with E-state index in [1.165, 1.54) is 6.26 Å². The van der Waals surface area contributed by atoms with Gasteiger partial charge in [0.05, 0.1) is 5.56 Å². The number of pyridine rings is 1. The Morgan fingerprint density at radius 2 is 2.20 bits per heavy atom. The number of rotatable bonds is 2. The molecule has 0 amide bonds. The number of hydrogen-bond donors (Lipinski definition) is 0. The molecule has 2 rings (SSSR count). The Balaban J connectivity index is 2.56. The van der Waals surface area contributed by atoms with E-state index in [-0.39, 0.29) is 0 Å². The van der Waals surface area contributed by atoms with Crippen LogP contribution >= 0.6 is 11.8 Å². The fourth-order valence-corrected chi connectivity index (χ4v) is 5.16. The summed E-state index contributed by atoms with van der Waals surface area (Å²) in [5.74, 6) is 1.85. The van der Waals surface area contributed by atoms with Crippen LogP contribution in [0, 0.1) is 25.2 Å². The van der Waals surface area contributed by atoms with Crippen molar-refractivity contribution in [1.29, 1.82) is 5.26 Å². The van der Waals surface area contributed by atoms with Gasteiger partial charge >= 0.3 is 0 Å². The van der Waals surface area contributed by atoms with Gasteiger partial charge in [0.2, 0.25) is 0 Å². The normalized spacial score (nSPS) is 19.7. The molecule has 1 aromatic heterocycles. The van der Waals surface area contributed by atoms with Crippen molar-refractivity contribution in [2.24, 2.45) is 0 Å². The van der Waals surface area contributed by atoms with Gasteiger partial charge in [-0.05, 0) is 25.5 Å². The van der Waals surface area contributed by atoms with E-state index in [4.69, 9.17) is 0 Å². The Labute approximate surface area is 123 Å². The summed E-state index contributed by atoms with van der Waals surface area (Å²) < 4.78 is 23.9. The number of aryl methyl sites for hydroxylation is 2. The molecule has 0 bridgehead atoms. The van der Waals surface area contributed by atoms with Crippen LogP contribution in [0.25, 0.3) is 0 Å². The molecule has 2 heterocycles. The second kappa shape index (κ2) is 5.62. The van der Waals surface area contributed by atoms with Crippen molar-refractivity contribution in [2.45, 2.75) is 19.2 Å². The summed E-state index contributed by atoms with van der Waals surface area (Å²) in [5, 5.41) is 8.73. The van der Waals surface area contributed by atoms with E-state index in [1.54, 1.807) is 16.7 Å². The standard InChI is InChI=1S/C13H17N3O2S2/c1-9-6-10(2)15-13(11(9)7-14)16-4-5-19-8-12(16)20(3,17)18/h6,12H,4-5,8H2,1-3H3. The van der Waals surface area contributed by atoms with Crippen LogP contribution in [0.15, 0.2) is 6.07 Å². The minimum absolute atomic E-state index is 0.469. The number of aromatic nitrogens is 1. The van der Waals surface area contributed by atoms with Gasteiger partial charge in [0.1, 0.15) is 17.3 Å². The summed E-state index contributed by atoms with van der Waals surface area (Å²) >= 11 is 1.62. The molecule has 0 aliphatic carbocycles. The number of hydrogen-bond acceptors (Lipinski definition) is 6. The van der Waals surface area contributed by atoms with Crippen LogP contribution < -0.4 is 4.90 Å². The zero-order valence-electron chi connectivity index (χ0n) is 11.8. The maximum Gasteiger partial charge on any atom is 0.169 e. The molecule has 20 heavy (non-hydrogen) atoms. The highest BCUT2D eigenvalue weighted by Gasteiger charge is 2.33. The first-order valence-electron chi connectivity index (χ1n) is 6.26. The van der Waals surface area contributed by atoms with Gasteiger partial charge in [-0.15, -0.1) is 0 Å². The molecule has 1 atom stereocenters. The van der Waals surface area contributed by atoms with Gasteiger partial charge in [-0.2, -0.15) is 17.0 Å². The molecule has 1 saturated heterocycles. The average Bonchev–Trinajstić information content (AvgIpc) is 2.37. The maximum atomic E-state index is 12.0. The van der Waals surface area contributed by atoms with Gasteiger partial charge in [-0.3, -0.25) is 0 Å². The summed E-state index contributed by atoms with van der Waals surface area (Å²) in [4.78, 5) is 6.19. The highest BCUT2D eigenvalue weighted by molar-refractivity contribution is 8.01. The SMILES string of the molecule is Cc1cc(C)c(C#N)c(N2CCSCC2S(C)(=O)=O)n1. The summed E-state index contributed by atoms with van der Waals surface area (Å²) in [6.45, 7) is 4.30. The van der Waals surface area contributed by atoms with Crippen LogP contribution in [0.3, 0.4) is 0 Å². The summed E-state index contributed by atoms with van der Waals surface area (Å²) in [5.41, 5.74) is 2.10. The van der Waals surface area contributed by atoms with Crippen LogP contribution in [0.4, 0.5) is 5.82 Å². The second-order valence-electron chi connectivity index (χ2n) is 4.94. The lowest BCUT2D eigenvalue weighted by Gasteiger charge is -2.35. The van der Waals surface area contributed by atoms with E-state index in [9.17, 15) is 13.7 Å². The highest BCUT2D eigenvalue weighted by Crippen LogP contribution is 2.29. The van der Waals surface area contributed by atoms with Crippen molar-refractivity contribution >= 4 is 27.4 Å². The Morgan fingerprint density at radius 1 is 1.50 bits per heavy atom. The van der Waals surface area contributed by atoms with Gasteiger partial charge < -0.3 is 4.90 Å². The molecule has 0 aromatic carbocycles. The van der Waals surface area contributed by atoms with Gasteiger partial charge in [0.25, 0.3) is 0 Å². The summed E-state index contributed by atoms with van der Waals surface area (Å²) in [6.07, 6.45) is 1.24. The third-order valence-corrected chi connectivity index (χ3v) is 5.93. The van der Waals surface area contributed by atoms with E-state index in [1.807, 2.05) is 19.9 Å². The molecule has 7 heteroatoms. The first kappa shape index (κ1) is 15.1. The number of sulfone groups is 1. The molecular weight excluding hydrogens is 294 g/mol. The minimum Gasteiger partial charge on any atom is -0.337 e. The van der Waals surface area contributed by atoms with Crippen LogP contribution in [0.2, 0.25) is 0 Å². The van der Waals surface area contributed by atoms with Crippen LogP contribution in [-0.2, 0) is 9.84 Å². The van der Waals surface area contributed by atoms with Crippen molar-refractivity contribution in [3.05, 3.63) is 22.9 Å². The summed E-state index contributed by atoms with van der Waals surface area (Å²) in [7, 11) is -3.22. The molecule has 0 spiro atoms. The minimum atomic E-state index is -3.22. The molecular formula is C13H17N3O2S2. The lowest BCUT2D eigenvalue weighted by Crippen LogP contribution is -2.47. The van der Waals surface area contributed by atoms with Crippen molar-refractivity contribution in [3.8, 4) is 6.07 Å². The average molecular weight is 311 g/mol. The first-order chi connectivity index (χ1) is 9.34. The Morgan fingerprint density at radius 3 is 2.80 bits per heavy atom. The van der Waals surface area contributed by atoms with Crippen molar-refractivity contribution in [1.82, 2.24) is 4.98 Å². The van der Waals surface area contributed by atoms with Crippen LogP contribution in [-0.4, -0.2) is 43.1 Å². The van der Waals surface area contributed by atoms with E-state index in [0.29, 0.717) is 23.7 Å². The Bertz CT molecular complexity index is 665. The number of nitrogens with zero attached hydrogens (tertiary/aromatic N) is 3. The third kappa shape index (κ3) is 2.91. The summed E-state index contributed by atoms with van der Waals surface area (Å²) in [6, 6.07) is 4.00. The lowest BCUT2D eigenvalue weighted by molar-refractivity contribution is 0.583. The molecule has 5 nitrogen and oxygen atoms in total. The van der Waals surface area contributed by atoms with E-state index in [2.05, 4.69) is 11.1 Å². The predicted octanol–water partition coefficient (Wildman–Crippen LogP) is 1.49. The monoisotopic (exact) mass is 311 g/mol. The zero-order valence-corrected chi connectivity index (χ0v) is 13.4. The highest BCUT2D eigenvalue weighted by atomic mass is 32.2. The predicted molar refractivity (Wildman–Crippen MR) is 81.7 cm³/mol. The molecule has 1 aromatic rings. The van der Waals surface area contributed by atoms with Crippen LogP contribution in [0.1, 0.15) is 16.8 Å². The first-order valence-corrected chi connectivity index (χ1v) is 9.37. The van der Waals surface area contributed by atoms with Gasteiger partial charge in [0, 0.05) is 30.0 Å². The second-order valence-corrected chi connectivity index (χ2v) is 8.30. The quantitative estimate of drug-likeness (QED) is 0.824. The van der Waals surface area contributed by atoms with E-state index >= 15 is 0 Å². The molecule has 0 N–H and O–H groups in total. The third-order valence-electron chi connectivity index (χ3n) is 3.29. The van der Waals surface area contributed by atoms with E-state index < -0.39 is 15.2 Å². The molecule has 1 aliphatic heterocycles. The molecule has 108 valence electrons. The van der Waals surface area contributed by atoms with Crippen molar-refractivity contribution in [3.63, 3.8) is 0 Å². The molecule has 0 saturated carbocycles.